The molecule has 0 bridgehead atoms. The number of hydrogen-bond acceptors (Lipinski definition) is 3. The van der Waals surface area contributed by atoms with Crippen molar-refractivity contribution in [2.45, 2.75) is 44.7 Å². The Kier molecular flexibility index (Phi) is 3.43. The zero-order valence-corrected chi connectivity index (χ0v) is 11.1. The second-order valence-corrected chi connectivity index (χ2v) is 6.43. The summed E-state index contributed by atoms with van der Waals surface area (Å²) >= 11 is 2.09. The first kappa shape index (κ1) is 11.6. The number of rotatable bonds is 2. The van der Waals surface area contributed by atoms with Crippen LogP contribution in [0.4, 0.5) is 0 Å². The van der Waals surface area contributed by atoms with E-state index in [9.17, 15) is 0 Å². The first-order chi connectivity index (χ1) is 8.34. The van der Waals surface area contributed by atoms with Gasteiger partial charge in [-0.05, 0) is 49.5 Å². The summed E-state index contributed by atoms with van der Waals surface area (Å²) in [4.78, 5) is 4.62. The van der Waals surface area contributed by atoms with Crippen LogP contribution in [0.2, 0.25) is 0 Å². The summed E-state index contributed by atoms with van der Waals surface area (Å²) in [5.41, 5.74) is 7.56. The van der Waals surface area contributed by atoms with Crippen molar-refractivity contribution < 1.29 is 0 Å². The third-order valence-corrected chi connectivity index (χ3v) is 5.22. The van der Waals surface area contributed by atoms with Crippen molar-refractivity contribution in [2.24, 2.45) is 11.7 Å². The Morgan fingerprint density at radius 3 is 3.18 bits per heavy atom. The number of aromatic nitrogens is 2. The smallest absolute Gasteiger partial charge is 0.110 e. The molecule has 0 aliphatic carbocycles. The van der Waals surface area contributed by atoms with Crippen molar-refractivity contribution in [3.05, 3.63) is 17.7 Å². The van der Waals surface area contributed by atoms with Crippen molar-refractivity contribution >= 4 is 11.8 Å². The molecule has 0 saturated carbocycles. The molecular formula is C13H21N3S. The molecule has 0 spiro atoms. The molecule has 1 aromatic heterocycles. The Hall–Kier alpha value is -0.480. The van der Waals surface area contributed by atoms with Crippen LogP contribution in [0.25, 0.3) is 0 Å². The second-order valence-electron chi connectivity index (χ2n) is 5.28. The molecule has 2 atom stereocenters. The van der Waals surface area contributed by atoms with E-state index in [1.165, 1.54) is 42.3 Å². The molecule has 0 aromatic carbocycles. The summed E-state index contributed by atoms with van der Waals surface area (Å²) in [5.74, 6) is 4.70. The van der Waals surface area contributed by atoms with Gasteiger partial charge in [-0.25, -0.2) is 4.98 Å². The molecule has 1 aromatic rings. The minimum atomic E-state index is 0.174. The summed E-state index contributed by atoms with van der Waals surface area (Å²) in [6.07, 6.45) is 9.55. The molecule has 3 heterocycles. The predicted octanol–water partition coefficient (Wildman–Crippen LogP) is 2.36. The van der Waals surface area contributed by atoms with Crippen LogP contribution in [-0.4, -0.2) is 21.1 Å². The molecule has 3 rings (SSSR count). The molecule has 4 heteroatoms. The molecule has 1 saturated heterocycles. The average Bonchev–Trinajstić information content (AvgIpc) is 2.75. The van der Waals surface area contributed by atoms with Crippen LogP contribution in [0, 0.1) is 5.92 Å². The van der Waals surface area contributed by atoms with Gasteiger partial charge in [-0.2, -0.15) is 11.8 Å². The third kappa shape index (κ3) is 2.38. The van der Waals surface area contributed by atoms with Crippen molar-refractivity contribution in [3.8, 4) is 0 Å². The zero-order chi connectivity index (χ0) is 11.7. The highest BCUT2D eigenvalue weighted by Crippen LogP contribution is 2.28. The maximum atomic E-state index is 6.21. The summed E-state index contributed by atoms with van der Waals surface area (Å²) in [5, 5.41) is 0. The van der Waals surface area contributed by atoms with E-state index >= 15 is 0 Å². The van der Waals surface area contributed by atoms with E-state index in [1.54, 1.807) is 0 Å². The van der Waals surface area contributed by atoms with E-state index in [-0.39, 0.29) is 6.17 Å². The number of thioether (sulfide) groups is 1. The lowest BCUT2D eigenvalue weighted by atomic mass is 10.0. The van der Waals surface area contributed by atoms with Crippen LogP contribution in [0.5, 0.6) is 0 Å². The summed E-state index contributed by atoms with van der Waals surface area (Å²) < 4.78 is 2.31. The normalized spacial score (nSPS) is 29.0. The van der Waals surface area contributed by atoms with Crippen LogP contribution in [0.1, 0.15) is 43.4 Å². The number of nitrogens with zero attached hydrogens (tertiary/aromatic N) is 2. The molecule has 2 aliphatic rings. The molecule has 94 valence electrons. The standard InChI is InChI=1S/C13H21N3S/c14-12-5-1-4-11-8-15-13(16(11)12)7-10-3-2-6-17-9-10/h8,10,12H,1-7,9,14H2. The third-order valence-electron chi connectivity index (χ3n) is 3.94. The minimum Gasteiger partial charge on any atom is -0.316 e. The predicted molar refractivity (Wildman–Crippen MR) is 72.1 cm³/mol. The van der Waals surface area contributed by atoms with E-state index in [0.29, 0.717) is 0 Å². The molecule has 3 nitrogen and oxygen atoms in total. The lowest BCUT2D eigenvalue weighted by Gasteiger charge is -2.26. The molecular weight excluding hydrogens is 230 g/mol. The van der Waals surface area contributed by atoms with Gasteiger partial charge in [-0.3, -0.25) is 0 Å². The Bertz CT molecular complexity index is 382. The van der Waals surface area contributed by atoms with Crippen molar-refractivity contribution in [1.82, 2.24) is 9.55 Å². The number of imidazole rings is 1. The first-order valence-corrected chi connectivity index (χ1v) is 7.88. The largest absolute Gasteiger partial charge is 0.316 e. The van der Waals surface area contributed by atoms with Gasteiger partial charge in [-0.1, -0.05) is 0 Å². The van der Waals surface area contributed by atoms with Crippen LogP contribution in [0.3, 0.4) is 0 Å². The van der Waals surface area contributed by atoms with Gasteiger partial charge in [0.2, 0.25) is 0 Å². The Labute approximate surface area is 107 Å². The maximum absolute atomic E-state index is 6.21. The van der Waals surface area contributed by atoms with Gasteiger partial charge in [0.1, 0.15) is 5.82 Å². The second kappa shape index (κ2) is 5.02. The van der Waals surface area contributed by atoms with Gasteiger partial charge >= 0.3 is 0 Å². The molecule has 2 unspecified atom stereocenters. The molecule has 2 aliphatic heterocycles. The van der Waals surface area contributed by atoms with Crippen molar-refractivity contribution in [2.75, 3.05) is 11.5 Å². The van der Waals surface area contributed by atoms with E-state index in [1.807, 2.05) is 6.20 Å². The van der Waals surface area contributed by atoms with Crippen LogP contribution in [0.15, 0.2) is 6.20 Å². The number of fused-ring (bicyclic) bond motifs is 1. The fourth-order valence-corrected chi connectivity index (χ4v) is 4.18. The zero-order valence-electron chi connectivity index (χ0n) is 10.3. The molecule has 2 N–H and O–H groups in total. The first-order valence-electron chi connectivity index (χ1n) is 6.73. The summed E-state index contributed by atoms with van der Waals surface area (Å²) in [6, 6.07) is 0. The SMILES string of the molecule is NC1CCCc2cnc(CC3CCCSC3)n21. The van der Waals surface area contributed by atoms with Crippen LogP contribution < -0.4 is 5.73 Å². The molecule has 0 amide bonds. The summed E-state index contributed by atoms with van der Waals surface area (Å²) in [6.45, 7) is 0. The number of nitrogens with two attached hydrogens (primary N) is 1. The highest BCUT2D eigenvalue weighted by Gasteiger charge is 2.23. The monoisotopic (exact) mass is 251 g/mol. The fourth-order valence-electron chi connectivity index (χ4n) is 3.03. The van der Waals surface area contributed by atoms with Gasteiger partial charge in [0, 0.05) is 18.3 Å². The van der Waals surface area contributed by atoms with Crippen molar-refractivity contribution in [1.29, 1.82) is 0 Å². The summed E-state index contributed by atoms with van der Waals surface area (Å²) in [7, 11) is 0. The topological polar surface area (TPSA) is 43.8 Å². The highest BCUT2D eigenvalue weighted by molar-refractivity contribution is 7.99. The lowest BCUT2D eigenvalue weighted by molar-refractivity contribution is 0.388. The van der Waals surface area contributed by atoms with Crippen molar-refractivity contribution in [3.63, 3.8) is 0 Å². The Balaban J connectivity index is 1.76. The number of hydrogen-bond donors (Lipinski definition) is 1. The minimum absolute atomic E-state index is 0.174. The average molecular weight is 251 g/mol. The van der Waals surface area contributed by atoms with E-state index < -0.39 is 0 Å². The van der Waals surface area contributed by atoms with Gasteiger partial charge < -0.3 is 10.3 Å². The fraction of sp³-hybridized carbons (Fsp3) is 0.769. The van der Waals surface area contributed by atoms with Gasteiger partial charge in [0.15, 0.2) is 0 Å². The number of aryl methyl sites for hydroxylation is 1. The van der Waals surface area contributed by atoms with Gasteiger partial charge in [0.05, 0.1) is 6.17 Å². The van der Waals surface area contributed by atoms with E-state index in [2.05, 4.69) is 21.3 Å². The molecule has 17 heavy (non-hydrogen) atoms. The van der Waals surface area contributed by atoms with Gasteiger partial charge in [0.25, 0.3) is 0 Å². The highest BCUT2D eigenvalue weighted by atomic mass is 32.2. The molecule has 0 radical (unpaired) electrons. The maximum Gasteiger partial charge on any atom is 0.110 e. The van der Waals surface area contributed by atoms with E-state index in [0.717, 1.165) is 25.2 Å². The Morgan fingerprint density at radius 1 is 1.41 bits per heavy atom. The quantitative estimate of drug-likeness (QED) is 0.877. The molecule has 1 fully saturated rings. The van der Waals surface area contributed by atoms with E-state index in [4.69, 9.17) is 5.73 Å². The van der Waals surface area contributed by atoms with Crippen LogP contribution in [-0.2, 0) is 12.8 Å². The van der Waals surface area contributed by atoms with Gasteiger partial charge in [-0.15, -0.1) is 0 Å². The lowest BCUT2D eigenvalue weighted by Crippen LogP contribution is -2.27. The van der Waals surface area contributed by atoms with Crippen LogP contribution >= 0.6 is 11.8 Å². The Morgan fingerprint density at radius 2 is 2.35 bits per heavy atom.